The summed E-state index contributed by atoms with van der Waals surface area (Å²) in [5.41, 5.74) is 0. The molecule has 0 aliphatic carbocycles. The Morgan fingerprint density at radius 3 is 2.15 bits per heavy atom. The summed E-state index contributed by atoms with van der Waals surface area (Å²) in [6.07, 6.45) is 14.4. The van der Waals surface area contributed by atoms with Crippen LogP contribution in [0, 0.1) is 0 Å². The second-order valence-corrected chi connectivity index (χ2v) is 7.23. The van der Waals surface area contributed by atoms with Crippen molar-refractivity contribution in [1.29, 1.82) is 0 Å². The zero-order chi connectivity index (χ0) is 18.7. The van der Waals surface area contributed by atoms with E-state index in [9.17, 15) is 4.79 Å². The summed E-state index contributed by atoms with van der Waals surface area (Å²) in [4.78, 5) is 11.6. The predicted octanol–water partition coefficient (Wildman–Crippen LogP) is 4.24. The van der Waals surface area contributed by atoms with Gasteiger partial charge in [0.05, 0.1) is 25.9 Å². The molecule has 0 aromatic carbocycles. The van der Waals surface area contributed by atoms with Gasteiger partial charge in [0, 0.05) is 6.42 Å². The van der Waals surface area contributed by atoms with Crippen molar-refractivity contribution in [1.82, 2.24) is 5.32 Å². The largest absolute Gasteiger partial charge is 0.463 e. The van der Waals surface area contributed by atoms with E-state index in [1.165, 1.54) is 44.9 Å². The van der Waals surface area contributed by atoms with Crippen molar-refractivity contribution in [2.45, 2.75) is 90.1 Å². The van der Waals surface area contributed by atoms with Gasteiger partial charge in [-0.1, -0.05) is 58.3 Å². The van der Waals surface area contributed by atoms with Gasteiger partial charge in [-0.05, 0) is 32.4 Å². The average Bonchev–Trinajstić information content (AvgIpc) is 2.67. The standard InChI is InChI=1S/C21H41NO4/c1-2-3-4-5-6-7-8-9-10-11-21(23)26-19-17-24-16-18-25-20-12-14-22-15-13-20/h20,22H,2-19H2,1H3. The first-order valence-corrected chi connectivity index (χ1v) is 10.9. The molecule has 0 aromatic rings. The van der Waals surface area contributed by atoms with E-state index in [-0.39, 0.29) is 5.97 Å². The Balaban J connectivity index is 1.75. The van der Waals surface area contributed by atoms with Crippen LogP contribution in [-0.4, -0.2) is 51.6 Å². The van der Waals surface area contributed by atoms with Crippen LogP contribution in [0.15, 0.2) is 0 Å². The van der Waals surface area contributed by atoms with E-state index in [1.54, 1.807) is 0 Å². The highest BCUT2D eigenvalue weighted by molar-refractivity contribution is 5.69. The summed E-state index contributed by atoms with van der Waals surface area (Å²) < 4.78 is 16.4. The van der Waals surface area contributed by atoms with Crippen LogP contribution in [0.25, 0.3) is 0 Å². The Bertz CT molecular complexity index is 319. The highest BCUT2D eigenvalue weighted by Crippen LogP contribution is 2.10. The second kappa shape index (κ2) is 17.7. The third-order valence-corrected chi connectivity index (χ3v) is 4.84. The molecule has 1 aliphatic rings. The van der Waals surface area contributed by atoms with Gasteiger partial charge in [0.25, 0.3) is 0 Å². The summed E-state index contributed by atoms with van der Waals surface area (Å²) in [6.45, 7) is 6.33. The summed E-state index contributed by atoms with van der Waals surface area (Å²) in [5.74, 6) is -0.0949. The molecule has 1 rings (SSSR count). The number of esters is 1. The van der Waals surface area contributed by atoms with Gasteiger partial charge < -0.3 is 19.5 Å². The highest BCUT2D eigenvalue weighted by atomic mass is 16.6. The van der Waals surface area contributed by atoms with E-state index in [0.29, 0.717) is 39.0 Å². The molecule has 0 bridgehead atoms. The summed E-state index contributed by atoms with van der Waals surface area (Å²) >= 11 is 0. The first kappa shape index (κ1) is 23.4. The minimum atomic E-state index is -0.0949. The van der Waals surface area contributed by atoms with Crippen LogP contribution in [0.1, 0.15) is 84.0 Å². The van der Waals surface area contributed by atoms with Crippen LogP contribution in [0.3, 0.4) is 0 Å². The van der Waals surface area contributed by atoms with Crippen LogP contribution in [0.4, 0.5) is 0 Å². The zero-order valence-electron chi connectivity index (χ0n) is 16.9. The smallest absolute Gasteiger partial charge is 0.305 e. The topological polar surface area (TPSA) is 56.8 Å². The minimum absolute atomic E-state index is 0.0949. The summed E-state index contributed by atoms with van der Waals surface area (Å²) in [7, 11) is 0. The maximum absolute atomic E-state index is 11.6. The molecule has 26 heavy (non-hydrogen) atoms. The molecule has 1 heterocycles. The summed E-state index contributed by atoms with van der Waals surface area (Å²) in [5, 5.41) is 3.32. The van der Waals surface area contributed by atoms with Gasteiger partial charge >= 0.3 is 5.97 Å². The molecular formula is C21H41NO4. The van der Waals surface area contributed by atoms with Gasteiger partial charge in [0.2, 0.25) is 0 Å². The van der Waals surface area contributed by atoms with Gasteiger partial charge in [0.1, 0.15) is 6.61 Å². The first-order chi connectivity index (χ1) is 12.8. The van der Waals surface area contributed by atoms with Crippen LogP contribution in [0.2, 0.25) is 0 Å². The van der Waals surface area contributed by atoms with Gasteiger partial charge in [-0.15, -0.1) is 0 Å². The lowest BCUT2D eigenvalue weighted by atomic mass is 10.1. The molecule has 1 N–H and O–H groups in total. The number of carbonyl (C=O) groups is 1. The van der Waals surface area contributed by atoms with Crippen molar-refractivity contribution < 1.29 is 19.0 Å². The van der Waals surface area contributed by atoms with E-state index < -0.39 is 0 Å². The summed E-state index contributed by atoms with van der Waals surface area (Å²) in [6, 6.07) is 0. The number of unbranched alkanes of at least 4 members (excludes halogenated alkanes) is 8. The Labute approximate surface area is 160 Å². The zero-order valence-corrected chi connectivity index (χ0v) is 16.9. The van der Waals surface area contributed by atoms with E-state index in [0.717, 1.165) is 38.8 Å². The van der Waals surface area contributed by atoms with Crippen LogP contribution >= 0.6 is 0 Å². The van der Waals surface area contributed by atoms with Crippen LogP contribution in [0.5, 0.6) is 0 Å². The Morgan fingerprint density at radius 1 is 0.846 bits per heavy atom. The maximum Gasteiger partial charge on any atom is 0.305 e. The number of hydrogen-bond acceptors (Lipinski definition) is 5. The maximum atomic E-state index is 11.6. The van der Waals surface area contributed by atoms with Crippen molar-refractivity contribution in [2.24, 2.45) is 0 Å². The molecule has 0 atom stereocenters. The lowest BCUT2D eigenvalue weighted by Gasteiger charge is -2.22. The van der Waals surface area contributed by atoms with Crippen molar-refractivity contribution in [2.75, 3.05) is 39.5 Å². The molecule has 5 heteroatoms. The number of piperidine rings is 1. The van der Waals surface area contributed by atoms with Crippen molar-refractivity contribution in [3.63, 3.8) is 0 Å². The lowest BCUT2D eigenvalue weighted by Crippen LogP contribution is -2.33. The Hall–Kier alpha value is -0.650. The average molecular weight is 372 g/mol. The molecule has 0 radical (unpaired) electrons. The molecule has 1 aliphatic heterocycles. The van der Waals surface area contributed by atoms with Crippen LogP contribution < -0.4 is 5.32 Å². The SMILES string of the molecule is CCCCCCCCCCCC(=O)OCCOCCOC1CCNCC1. The van der Waals surface area contributed by atoms with Crippen molar-refractivity contribution >= 4 is 5.97 Å². The number of rotatable bonds is 17. The second-order valence-electron chi connectivity index (χ2n) is 7.23. The quantitative estimate of drug-likeness (QED) is 0.306. The molecule has 0 saturated carbocycles. The molecule has 1 fully saturated rings. The third-order valence-electron chi connectivity index (χ3n) is 4.84. The highest BCUT2D eigenvalue weighted by Gasteiger charge is 2.12. The molecule has 0 amide bonds. The van der Waals surface area contributed by atoms with E-state index in [4.69, 9.17) is 14.2 Å². The number of ether oxygens (including phenoxy) is 3. The fraction of sp³-hybridized carbons (Fsp3) is 0.952. The molecule has 0 unspecified atom stereocenters. The van der Waals surface area contributed by atoms with Gasteiger partial charge in [-0.2, -0.15) is 0 Å². The number of hydrogen-bond donors (Lipinski definition) is 1. The van der Waals surface area contributed by atoms with Gasteiger partial charge in [0.15, 0.2) is 0 Å². The molecule has 1 saturated heterocycles. The number of nitrogens with one attached hydrogen (secondary N) is 1. The van der Waals surface area contributed by atoms with Gasteiger partial charge in [-0.25, -0.2) is 0 Å². The Morgan fingerprint density at radius 2 is 1.46 bits per heavy atom. The van der Waals surface area contributed by atoms with Crippen molar-refractivity contribution in [3.05, 3.63) is 0 Å². The predicted molar refractivity (Wildman–Crippen MR) is 105 cm³/mol. The molecule has 0 spiro atoms. The normalized spacial score (nSPS) is 15.3. The number of carbonyl (C=O) groups excluding carboxylic acids is 1. The molecule has 0 aromatic heterocycles. The monoisotopic (exact) mass is 371 g/mol. The lowest BCUT2D eigenvalue weighted by molar-refractivity contribution is -0.145. The van der Waals surface area contributed by atoms with Gasteiger partial charge in [-0.3, -0.25) is 4.79 Å². The molecule has 5 nitrogen and oxygen atoms in total. The van der Waals surface area contributed by atoms with E-state index >= 15 is 0 Å². The molecule has 154 valence electrons. The van der Waals surface area contributed by atoms with Crippen molar-refractivity contribution in [3.8, 4) is 0 Å². The Kier molecular flexibility index (Phi) is 16.0. The minimum Gasteiger partial charge on any atom is -0.463 e. The third kappa shape index (κ3) is 14.5. The van der Waals surface area contributed by atoms with E-state index in [2.05, 4.69) is 12.2 Å². The first-order valence-electron chi connectivity index (χ1n) is 10.9. The fourth-order valence-corrected chi connectivity index (χ4v) is 3.20. The van der Waals surface area contributed by atoms with E-state index in [1.807, 2.05) is 0 Å². The fourth-order valence-electron chi connectivity index (χ4n) is 3.20. The molecular weight excluding hydrogens is 330 g/mol. The van der Waals surface area contributed by atoms with Crippen LogP contribution in [-0.2, 0) is 19.0 Å².